The van der Waals surface area contributed by atoms with Crippen LogP contribution in [0.3, 0.4) is 0 Å². The van der Waals surface area contributed by atoms with Crippen molar-refractivity contribution in [2.45, 2.75) is 25.0 Å². The molecule has 1 saturated carbocycles. The van der Waals surface area contributed by atoms with Crippen molar-refractivity contribution < 1.29 is 14.7 Å². The van der Waals surface area contributed by atoms with Crippen LogP contribution >= 0.6 is 0 Å². The molecule has 130 valence electrons. The highest BCUT2D eigenvalue weighted by Gasteiger charge is 2.45. The van der Waals surface area contributed by atoms with E-state index >= 15 is 0 Å². The molecule has 3 rings (SSSR count). The van der Waals surface area contributed by atoms with Gasteiger partial charge in [0.1, 0.15) is 5.60 Å². The number of hydrogen-bond donors (Lipinski definition) is 3. The van der Waals surface area contributed by atoms with Gasteiger partial charge in [-0.15, -0.1) is 0 Å². The van der Waals surface area contributed by atoms with Crippen LogP contribution in [0.2, 0.25) is 0 Å². The second-order valence-corrected chi connectivity index (χ2v) is 6.42. The zero-order chi connectivity index (χ0) is 17.7. The van der Waals surface area contributed by atoms with Gasteiger partial charge < -0.3 is 15.7 Å². The summed E-state index contributed by atoms with van der Waals surface area (Å²) in [4.78, 5) is 24.0. The maximum absolute atomic E-state index is 12.1. The SMILES string of the molecule is O=C(NCc1ccccc1)C(=O)NCC(O)(c1ccccc1)C1CC1. The highest BCUT2D eigenvalue weighted by Crippen LogP contribution is 2.45. The molecule has 1 atom stereocenters. The van der Waals surface area contributed by atoms with Gasteiger partial charge in [-0.3, -0.25) is 9.59 Å². The first-order valence-electron chi connectivity index (χ1n) is 8.47. The largest absolute Gasteiger partial charge is 0.383 e. The molecule has 0 saturated heterocycles. The highest BCUT2D eigenvalue weighted by atomic mass is 16.3. The van der Waals surface area contributed by atoms with Crippen molar-refractivity contribution in [1.29, 1.82) is 0 Å². The minimum atomic E-state index is -1.13. The lowest BCUT2D eigenvalue weighted by atomic mass is 9.88. The summed E-state index contributed by atoms with van der Waals surface area (Å²) in [6, 6.07) is 18.7. The average Bonchev–Trinajstić information content (AvgIpc) is 3.51. The molecule has 25 heavy (non-hydrogen) atoms. The third-order valence-electron chi connectivity index (χ3n) is 4.55. The van der Waals surface area contributed by atoms with Crippen LogP contribution in [-0.4, -0.2) is 23.5 Å². The van der Waals surface area contributed by atoms with Crippen molar-refractivity contribution in [3.63, 3.8) is 0 Å². The third-order valence-corrected chi connectivity index (χ3v) is 4.55. The van der Waals surface area contributed by atoms with Gasteiger partial charge in [-0.2, -0.15) is 0 Å². The molecular weight excluding hydrogens is 316 g/mol. The first-order chi connectivity index (χ1) is 12.1. The number of rotatable bonds is 6. The van der Waals surface area contributed by atoms with Crippen LogP contribution < -0.4 is 10.6 Å². The summed E-state index contributed by atoms with van der Waals surface area (Å²) in [6.45, 7) is 0.317. The van der Waals surface area contributed by atoms with E-state index in [2.05, 4.69) is 10.6 Å². The van der Waals surface area contributed by atoms with E-state index < -0.39 is 17.4 Å². The Morgan fingerprint density at radius 3 is 2.08 bits per heavy atom. The van der Waals surface area contributed by atoms with Crippen molar-refractivity contribution in [3.8, 4) is 0 Å². The zero-order valence-corrected chi connectivity index (χ0v) is 13.9. The summed E-state index contributed by atoms with van der Waals surface area (Å²) in [5.41, 5.74) is 0.557. The van der Waals surface area contributed by atoms with Gasteiger partial charge in [0.15, 0.2) is 0 Å². The van der Waals surface area contributed by atoms with Crippen LogP contribution in [-0.2, 0) is 21.7 Å². The molecule has 1 fully saturated rings. The first-order valence-corrected chi connectivity index (χ1v) is 8.47. The van der Waals surface area contributed by atoms with Crippen LogP contribution in [0.1, 0.15) is 24.0 Å². The Balaban J connectivity index is 1.56. The van der Waals surface area contributed by atoms with E-state index in [9.17, 15) is 14.7 Å². The van der Waals surface area contributed by atoms with Crippen LogP contribution in [0.15, 0.2) is 60.7 Å². The Morgan fingerprint density at radius 1 is 0.920 bits per heavy atom. The van der Waals surface area contributed by atoms with Gasteiger partial charge in [0.25, 0.3) is 0 Å². The minimum absolute atomic E-state index is 0.0271. The van der Waals surface area contributed by atoms with Crippen LogP contribution in [0.5, 0.6) is 0 Å². The van der Waals surface area contributed by atoms with Gasteiger partial charge in [-0.05, 0) is 29.9 Å². The van der Waals surface area contributed by atoms with E-state index in [0.29, 0.717) is 6.54 Å². The van der Waals surface area contributed by atoms with Crippen molar-refractivity contribution in [1.82, 2.24) is 10.6 Å². The molecular formula is C20H22N2O3. The number of carbonyl (C=O) groups is 2. The van der Waals surface area contributed by atoms with Gasteiger partial charge >= 0.3 is 11.8 Å². The van der Waals surface area contributed by atoms with Gasteiger partial charge in [0.05, 0.1) is 6.54 Å². The summed E-state index contributed by atoms with van der Waals surface area (Å²) in [5.74, 6) is -1.32. The summed E-state index contributed by atoms with van der Waals surface area (Å²) in [5, 5.41) is 16.2. The number of aliphatic hydroxyl groups is 1. The topological polar surface area (TPSA) is 78.4 Å². The molecule has 1 unspecified atom stereocenters. The predicted octanol–water partition coefficient (Wildman–Crippen LogP) is 1.72. The fourth-order valence-electron chi connectivity index (χ4n) is 2.92. The molecule has 2 amide bonds. The number of nitrogens with one attached hydrogen (secondary N) is 2. The molecule has 0 heterocycles. The quantitative estimate of drug-likeness (QED) is 0.702. The van der Waals surface area contributed by atoms with E-state index in [4.69, 9.17) is 0 Å². The molecule has 0 aromatic heterocycles. The summed E-state index contributed by atoms with van der Waals surface area (Å²) in [6.07, 6.45) is 1.84. The fourth-order valence-corrected chi connectivity index (χ4v) is 2.92. The van der Waals surface area contributed by atoms with Crippen molar-refractivity contribution in [2.75, 3.05) is 6.54 Å². The smallest absolute Gasteiger partial charge is 0.309 e. The minimum Gasteiger partial charge on any atom is -0.383 e. The van der Waals surface area contributed by atoms with Crippen molar-refractivity contribution in [2.24, 2.45) is 5.92 Å². The summed E-state index contributed by atoms with van der Waals surface area (Å²) in [7, 11) is 0. The molecule has 1 aliphatic rings. The maximum atomic E-state index is 12.1. The van der Waals surface area contributed by atoms with E-state index in [1.165, 1.54) is 0 Å². The maximum Gasteiger partial charge on any atom is 0.309 e. The molecule has 0 bridgehead atoms. The van der Waals surface area contributed by atoms with Crippen molar-refractivity contribution in [3.05, 3.63) is 71.8 Å². The number of amides is 2. The highest BCUT2D eigenvalue weighted by molar-refractivity contribution is 6.35. The third kappa shape index (κ3) is 4.25. The van der Waals surface area contributed by atoms with Gasteiger partial charge in [0.2, 0.25) is 0 Å². The molecule has 0 aliphatic heterocycles. The molecule has 0 radical (unpaired) electrons. The first kappa shape index (κ1) is 17.2. The van der Waals surface area contributed by atoms with Gasteiger partial charge in [0, 0.05) is 6.54 Å². The number of carbonyl (C=O) groups excluding carboxylic acids is 2. The Kier molecular flexibility index (Phi) is 5.14. The molecule has 2 aromatic carbocycles. The van der Waals surface area contributed by atoms with E-state index in [0.717, 1.165) is 24.0 Å². The normalized spacial score (nSPS) is 15.9. The summed E-state index contributed by atoms with van der Waals surface area (Å²) >= 11 is 0. The van der Waals surface area contributed by atoms with Crippen LogP contribution in [0, 0.1) is 5.92 Å². The molecule has 5 heteroatoms. The Hall–Kier alpha value is -2.66. The second-order valence-electron chi connectivity index (χ2n) is 6.42. The second kappa shape index (κ2) is 7.49. The van der Waals surface area contributed by atoms with Gasteiger partial charge in [-0.25, -0.2) is 0 Å². The van der Waals surface area contributed by atoms with E-state index in [-0.39, 0.29) is 12.5 Å². The predicted molar refractivity (Wildman–Crippen MR) is 94.4 cm³/mol. The van der Waals surface area contributed by atoms with Gasteiger partial charge in [-0.1, -0.05) is 60.7 Å². The molecule has 3 N–H and O–H groups in total. The lowest BCUT2D eigenvalue weighted by Gasteiger charge is -2.29. The Morgan fingerprint density at radius 2 is 1.48 bits per heavy atom. The Labute approximate surface area is 147 Å². The number of benzene rings is 2. The van der Waals surface area contributed by atoms with E-state index in [1.54, 1.807) is 0 Å². The molecule has 2 aromatic rings. The van der Waals surface area contributed by atoms with E-state index in [1.807, 2.05) is 60.7 Å². The average molecular weight is 338 g/mol. The monoisotopic (exact) mass is 338 g/mol. The molecule has 1 aliphatic carbocycles. The van der Waals surface area contributed by atoms with Crippen molar-refractivity contribution >= 4 is 11.8 Å². The zero-order valence-electron chi connectivity index (χ0n) is 13.9. The van der Waals surface area contributed by atoms with Crippen LogP contribution in [0.25, 0.3) is 0 Å². The molecule has 5 nitrogen and oxygen atoms in total. The Bertz CT molecular complexity index is 729. The standard InChI is InChI=1S/C20H22N2O3/c23-18(21-13-15-7-3-1-4-8-15)19(24)22-14-20(25,17-11-12-17)16-9-5-2-6-10-16/h1-10,17,25H,11-14H2,(H,21,23)(H,22,24). The fraction of sp³-hybridized carbons (Fsp3) is 0.300. The van der Waals surface area contributed by atoms with Crippen LogP contribution in [0.4, 0.5) is 0 Å². The lowest BCUT2D eigenvalue weighted by Crippen LogP contribution is -2.47. The molecule has 0 spiro atoms. The lowest BCUT2D eigenvalue weighted by molar-refractivity contribution is -0.140. The summed E-state index contributed by atoms with van der Waals surface area (Å²) < 4.78 is 0. The number of hydrogen-bond acceptors (Lipinski definition) is 3.